The molecule has 0 bridgehead atoms. The third-order valence-electron chi connectivity index (χ3n) is 2.05. The van der Waals surface area contributed by atoms with Crippen molar-refractivity contribution in [3.05, 3.63) is 25.3 Å². The Labute approximate surface area is 114 Å². The molecule has 0 fully saturated rings. The molecule has 0 spiro atoms. The Hall–Kier alpha value is -1.62. The Morgan fingerprint density at radius 1 is 1.21 bits per heavy atom. The predicted molar refractivity (Wildman–Crippen MR) is 73.6 cm³/mol. The Morgan fingerprint density at radius 3 is 2.26 bits per heavy atom. The number of ether oxygens (including phenoxy) is 2. The first-order valence-electron chi connectivity index (χ1n) is 6.11. The summed E-state index contributed by atoms with van der Waals surface area (Å²) in [5.74, 6) is -1.09. The van der Waals surface area contributed by atoms with E-state index in [1.165, 1.54) is 0 Å². The van der Waals surface area contributed by atoms with Crippen LogP contribution in [0.2, 0.25) is 0 Å². The van der Waals surface area contributed by atoms with Gasteiger partial charge >= 0.3 is 11.9 Å². The fourth-order valence-corrected chi connectivity index (χ4v) is 1.19. The molecule has 0 rings (SSSR count). The molecule has 1 atom stereocenters. The largest absolute Gasteiger partial charge is 0.459 e. The van der Waals surface area contributed by atoms with Gasteiger partial charge in [0.1, 0.15) is 12.7 Å². The van der Waals surface area contributed by atoms with Gasteiger partial charge < -0.3 is 14.8 Å². The van der Waals surface area contributed by atoms with Crippen LogP contribution in [0.25, 0.3) is 0 Å². The van der Waals surface area contributed by atoms with E-state index in [1.54, 1.807) is 0 Å². The molecule has 0 heterocycles. The van der Waals surface area contributed by atoms with E-state index in [2.05, 4.69) is 39.2 Å². The summed E-state index contributed by atoms with van der Waals surface area (Å²) in [7, 11) is 0. The summed E-state index contributed by atoms with van der Waals surface area (Å²) >= 11 is 0. The van der Waals surface area contributed by atoms with E-state index in [1.807, 2.05) is 0 Å². The van der Waals surface area contributed by atoms with Gasteiger partial charge in [-0.2, -0.15) is 0 Å². The van der Waals surface area contributed by atoms with Crippen LogP contribution in [0.15, 0.2) is 25.3 Å². The van der Waals surface area contributed by atoms with Gasteiger partial charge in [-0.05, 0) is 5.41 Å². The molecule has 0 aromatic rings. The number of esters is 2. The lowest BCUT2D eigenvalue weighted by atomic mass is 9.97. The average molecular weight is 269 g/mol. The molecule has 0 aromatic carbocycles. The lowest BCUT2D eigenvalue weighted by Gasteiger charge is -2.22. The molecule has 0 saturated heterocycles. The number of nitrogens with one attached hydrogen (secondary N) is 1. The highest BCUT2D eigenvalue weighted by atomic mass is 16.6. The summed E-state index contributed by atoms with van der Waals surface area (Å²) in [6.07, 6.45) is 1.60. The third kappa shape index (κ3) is 10.0. The van der Waals surface area contributed by atoms with Gasteiger partial charge in [0, 0.05) is 25.2 Å². The zero-order valence-corrected chi connectivity index (χ0v) is 11.9. The molecule has 108 valence electrons. The van der Waals surface area contributed by atoms with E-state index in [4.69, 9.17) is 9.47 Å². The Morgan fingerprint density at radius 2 is 1.79 bits per heavy atom. The summed E-state index contributed by atoms with van der Waals surface area (Å²) in [5, 5.41) is 3.17. The van der Waals surface area contributed by atoms with Crippen molar-refractivity contribution in [2.24, 2.45) is 5.41 Å². The second kappa shape index (κ2) is 8.48. The molecular formula is C14H23NO4. The predicted octanol–water partition coefficient (Wildman–Crippen LogP) is 1.45. The molecule has 1 N–H and O–H groups in total. The van der Waals surface area contributed by atoms with E-state index in [0.717, 1.165) is 18.7 Å². The molecule has 5 heteroatoms. The van der Waals surface area contributed by atoms with Crippen molar-refractivity contribution in [1.29, 1.82) is 0 Å². The summed E-state index contributed by atoms with van der Waals surface area (Å²) < 4.78 is 9.95. The Kier molecular flexibility index (Phi) is 7.75. The first-order valence-corrected chi connectivity index (χ1v) is 6.11. The van der Waals surface area contributed by atoms with Gasteiger partial charge in [0.2, 0.25) is 0 Å². The summed E-state index contributed by atoms with van der Waals surface area (Å²) in [6, 6.07) is 0. The molecule has 0 radical (unpaired) electrons. The van der Waals surface area contributed by atoms with Crippen LogP contribution in [0.3, 0.4) is 0 Å². The van der Waals surface area contributed by atoms with Crippen LogP contribution in [0.1, 0.15) is 20.8 Å². The molecule has 0 aliphatic rings. The molecule has 0 saturated carbocycles. The molecule has 5 nitrogen and oxygen atoms in total. The molecule has 0 aliphatic heterocycles. The van der Waals surface area contributed by atoms with Crippen molar-refractivity contribution in [3.63, 3.8) is 0 Å². The summed E-state index contributed by atoms with van der Waals surface area (Å²) in [6.45, 7) is 14.0. The number of carbonyl (C=O) groups is 2. The number of hydrogen-bond acceptors (Lipinski definition) is 5. The van der Waals surface area contributed by atoms with Gasteiger partial charge in [-0.1, -0.05) is 33.9 Å². The number of hydrogen-bond donors (Lipinski definition) is 1. The van der Waals surface area contributed by atoms with Crippen molar-refractivity contribution in [3.8, 4) is 0 Å². The lowest BCUT2D eigenvalue weighted by Crippen LogP contribution is -2.38. The number of carbonyl (C=O) groups excluding carboxylic acids is 2. The minimum Gasteiger partial charge on any atom is -0.459 e. The average Bonchev–Trinajstić information content (AvgIpc) is 2.33. The third-order valence-corrected chi connectivity index (χ3v) is 2.05. The van der Waals surface area contributed by atoms with Gasteiger partial charge in [0.05, 0.1) is 0 Å². The van der Waals surface area contributed by atoms with E-state index in [9.17, 15) is 9.59 Å². The highest BCUT2D eigenvalue weighted by Gasteiger charge is 2.16. The van der Waals surface area contributed by atoms with Crippen LogP contribution in [0.4, 0.5) is 0 Å². The monoisotopic (exact) mass is 269 g/mol. The summed E-state index contributed by atoms with van der Waals surface area (Å²) in [5.41, 5.74) is 0.116. The van der Waals surface area contributed by atoms with Crippen molar-refractivity contribution in [2.75, 3.05) is 19.7 Å². The maximum atomic E-state index is 11.2. The second-order valence-corrected chi connectivity index (χ2v) is 5.29. The molecule has 0 amide bonds. The molecule has 0 aliphatic carbocycles. The molecule has 19 heavy (non-hydrogen) atoms. The van der Waals surface area contributed by atoms with Crippen LogP contribution >= 0.6 is 0 Å². The van der Waals surface area contributed by atoms with E-state index >= 15 is 0 Å². The first-order chi connectivity index (χ1) is 8.78. The molecule has 1 unspecified atom stereocenters. The minimum absolute atomic E-state index is 0.0123. The van der Waals surface area contributed by atoms with Gasteiger partial charge in [-0.25, -0.2) is 9.59 Å². The highest BCUT2D eigenvalue weighted by Crippen LogP contribution is 2.10. The summed E-state index contributed by atoms with van der Waals surface area (Å²) in [4.78, 5) is 22.2. The quantitative estimate of drug-likeness (QED) is 0.533. The van der Waals surface area contributed by atoms with Crippen LogP contribution in [-0.4, -0.2) is 37.7 Å². The van der Waals surface area contributed by atoms with Crippen LogP contribution in [-0.2, 0) is 19.1 Å². The van der Waals surface area contributed by atoms with E-state index in [0.29, 0.717) is 6.54 Å². The van der Waals surface area contributed by atoms with Gasteiger partial charge in [0.25, 0.3) is 0 Å². The van der Waals surface area contributed by atoms with Crippen LogP contribution in [0.5, 0.6) is 0 Å². The number of rotatable bonds is 8. The zero-order chi connectivity index (χ0) is 14.9. The van der Waals surface area contributed by atoms with Gasteiger partial charge in [0.15, 0.2) is 0 Å². The fraction of sp³-hybridized carbons (Fsp3) is 0.571. The Bertz CT molecular complexity index is 331. The molecular weight excluding hydrogens is 246 g/mol. The lowest BCUT2D eigenvalue weighted by molar-refractivity contribution is -0.152. The topological polar surface area (TPSA) is 64.6 Å². The first kappa shape index (κ1) is 17.4. The highest BCUT2D eigenvalue weighted by molar-refractivity contribution is 5.82. The van der Waals surface area contributed by atoms with Crippen molar-refractivity contribution < 1.29 is 19.1 Å². The van der Waals surface area contributed by atoms with Crippen molar-refractivity contribution in [2.45, 2.75) is 26.9 Å². The minimum atomic E-state index is -0.546. The second-order valence-electron chi connectivity index (χ2n) is 5.29. The maximum Gasteiger partial charge on any atom is 0.330 e. The maximum absolute atomic E-state index is 11.2. The van der Waals surface area contributed by atoms with Crippen LogP contribution < -0.4 is 5.32 Å². The van der Waals surface area contributed by atoms with Gasteiger partial charge in [-0.15, -0.1) is 0 Å². The standard InChI is InChI=1S/C14H23NO4/c1-6-12(16)18-9-11(19-13(17)7-2)8-15-10-14(3,4)5/h6-7,11,15H,1-2,8-10H2,3-5H3. The Balaban J connectivity index is 4.24. The van der Waals surface area contributed by atoms with E-state index in [-0.39, 0.29) is 12.0 Å². The fourth-order valence-electron chi connectivity index (χ4n) is 1.19. The molecule has 0 aromatic heterocycles. The zero-order valence-electron chi connectivity index (χ0n) is 11.9. The van der Waals surface area contributed by atoms with Crippen molar-refractivity contribution >= 4 is 11.9 Å². The SMILES string of the molecule is C=CC(=O)OCC(CNCC(C)(C)C)OC(=O)C=C. The smallest absolute Gasteiger partial charge is 0.330 e. The van der Waals surface area contributed by atoms with Crippen LogP contribution in [0, 0.1) is 5.41 Å². The normalized spacial score (nSPS) is 12.4. The van der Waals surface area contributed by atoms with E-state index < -0.39 is 18.0 Å². The van der Waals surface area contributed by atoms with Crippen molar-refractivity contribution in [1.82, 2.24) is 5.32 Å². The van der Waals surface area contributed by atoms with Gasteiger partial charge in [-0.3, -0.25) is 0 Å².